The molecule has 2 aromatic carbocycles. The lowest BCUT2D eigenvalue weighted by Gasteiger charge is -2.30. The molecule has 1 saturated heterocycles. The molecule has 2 aromatic heterocycles. The van der Waals surface area contributed by atoms with Crippen LogP contribution >= 0.6 is 0 Å². The van der Waals surface area contributed by atoms with Crippen LogP contribution in [0.2, 0.25) is 0 Å². The molecular formula is C45H53N7O9S. The maximum atomic E-state index is 14.8. The molecule has 3 saturated carbocycles. The third kappa shape index (κ3) is 8.55. The predicted molar refractivity (Wildman–Crippen MR) is 231 cm³/mol. The second-order valence-electron chi connectivity index (χ2n) is 17.6. The fourth-order valence-corrected chi connectivity index (χ4v) is 10.4. The smallest absolute Gasteiger partial charge is 0.408 e. The summed E-state index contributed by atoms with van der Waals surface area (Å²) in [7, 11) is -0.0102. The lowest BCUT2D eigenvalue weighted by molar-refractivity contribution is -0.141. The first-order valence-corrected chi connectivity index (χ1v) is 23.4. The molecule has 0 spiro atoms. The van der Waals surface area contributed by atoms with Crippen LogP contribution in [0.3, 0.4) is 0 Å². The van der Waals surface area contributed by atoms with Crippen LogP contribution in [0, 0.1) is 5.92 Å². The van der Waals surface area contributed by atoms with E-state index in [1.165, 1.54) is 4.90 Å². The molecule has 4 amide bonds. The number of benzene rings is 2. The Hall–Kier alpha value is -5.71. The fraction of sp³-hybridized carbons (Fsp3) is 0.511. The first-order valence-electron chi connectivity index (χ1n) is 21.8. The number of hydrogen-bond donors (Lipinski definition) is 3. The van der Waals surface area contributed by atoms with E-state index < -0.39 is 68.7 Å². The van der Waals surface area contributed by atoms with E-state index in [9.17, 15) is 27.6 Å². The number of hydrogen-bond acceptors (Lipinski definition) is 12. The van der Waals surface area contributed by atoms with E-state index in [-0.39, 0.29) is 31.4 Å². The zero-order valence-corrected chi connectivity index (χ0v) is 35.8. The number of fused-ring (bicyclic) bond motifs is 5. The summed E-state index contributed by atoms with van der Waals surface area (Å²) < 4.78 is 46.9. The van der Waals surface area contributed by atoms with Gasteiger partial charge in [-0.25, -0.2) is 18.2 Å². The number of rotatable bonds is 9. The molecule has 9 rings (SSSR count). The molecule has 16 nitrogen and oxygen atoms in total. The van der Waals surface area contributed by atoms with Gasteiger partial charge in [0.1, 0.15) is 40.9 Å². The van der Waals surface area contributed by atoms with E-state index in [0.717, 1.165) is 55.2 Å². The standard InChI is InChI=1S/C45H53N7O9S/c1-51(2)29-20-18-27(19-21-29)39-47-37-33-15-10-11-17-36(33)61-38(37)41(48-39)59-31-24-35-40(53)49-45(43(55)50-62(57,58)32-22-23-32)25-28(45)12-6-4-3-5-7-16-34(42(54)52(35)26-31)46-44(56)60-30-13-8-9-14-30/h6,10-12,15,17-21,28,30-32,34-35H,3-5,7-9,13-14,16,22-26H2,1-2H3,(H,46,56)(H,49,53)(H,50,55)/t28-,31-,34+,35+,45-/m1/s1. The average Bonchev–Trinajstić information content (AvgIpc) is 4.06. The normalized spacial score (nSPS) is 25.9. The van der Waals surface area contributed by atoms with Gasteiger partial charge in [0.25, 0.3) is 11.8 Å². The molecule has 0 unspecified atom stereocenters. The number of furan rings is 1. The molecule has 4 heterocycles. The number of amides is 4. The summed E-state index contributed by atoms with van der Waals surface area (Å²) in [6, 6.07) is 13.1. The predicted octanol–water partition coefficient (Wildman–Crippen LogP) is 5.50. The third-order valence-electron chi connectivity index (χ3n) is 12.8. The summed E-state index contributed by atoms with van der Waals surface area (Å²) >= 11 is 0. The summed E-state index contributed by atoms with van der Waals surface area (Å²) in [6.07, 6.45) is 9.86. The van der Waals surface area contributed by atoms with Crippen molar-refractivity contribution in [1.29, 1.82) is 0 Å². The first kappa shape index (κ1) is 41.6. The second-order valence-corrected chi connectivity index (χ2v) is 19.5. The van der Waals surface area contributed by atoms with Crippen molar-refractivity contribution < 1.29 is 41.5 Å². The van der Waals surface area contributed by atoms with Crippen LogP contribution in [0.25, 0.3) is 33.5 Å². The van der Waals surface area contributed by atoms with Gasteiger partial charge in [0.2, 0.25) is 27.4 Å². The van der Waals surface area contributed by atoms with Crippen LogP contribution in [0.4, 0.5) is 10.5 Å². The Morgan fingerprint density at radius 3 is 2.45 bits per heavy atom. The number of aromatic nitrogens is 2. The van der Waals surface area contributed by atoms with Gasteiger partial charge >= 0.3 is 6.09 Å². The summed E-state index contributed by atoms with van der Waals surface area (Å²) in [6.45, 7) is -0.0655. The minimum atomic E-state index is -3.92. The summed E-state index contributed by atoms with van der Waals surface area (Å²) in [5.41, 5.74) is 1.61. The largest absolute Gasteiger partial charge is 0.470 e. The van der Waals surface area contributed by atoms with Gasteiger partial charge in [0, 0.05) is 43.1 Å². The van der Waals surface area contributed by atoms with Gasteiger partial charge < -0.3 is 34.3 Å². The number of carbonyl (C=O) groups excluding carboxylic acids is 4. The van der Waals surface area contributed by atoms with Crippen LogP contribution in [-0.4, -0.2) is 103 Å². The molecule has 62 heavy (non-hydrogen) atoms. The molecule has 3 N–H and O–H groups in total. The van der Waals surface area contributed by atoms with Crippen molar-refractivity contribution >= 4 is 61.6 Å². The van der Waals surface area contributed by atoms with Crippen LogP contribution in [0.5, 0.6) is 5.88 Å². The van der Waals surface area contributed by atoms with Crippen LogP contribution in [0.15, 0.2) is 65.1 Å². The zero-order valence-electron chi connectivity index (χ0n) is 35.0. The van der Waals surface area contributed by atoms with E-state index in [2.05, 4.69) is 15.4 Å². The molecule has 5 atom stereocenters. The van der Waals surface area contributed by atoms with Crippen molar-refractivity contribution in [3.05, 3.63) is 60.7 Å². The average molecular weight is 868 g/mol. The van der Waals surface area contributed by atoms with Gasteiger partial charge in [-0.1, -0.05) is 37.1 Å². The van der Waals surface area contributed by atoms with E-state index in [1.54, 1.807) is 0 Å². The highest BCUT2D eigenvalue weighted by molar-refractivity contribution is 7.91. The highest BCUT2D eigenvalue weighted by atomic mass is 32.2. The Kier molecular flexibility index (Phi) is 11.3. The second kappa shape index (κ2) is 16.9. The number of anilines is 1. The molecule has 4 fully saturated rings. The lowest BCUT2D eigenvalue weighted by atomic mass is 10.0. The van der Waals surface area contributed by atoms with E-state index in [0.29, 0.717) is 54.6 Å². The maximum Gasteiger partial charge on any atom is 0.408 e. The molecule has 3 aliphatic carbocycles. The first-order chi connectivity index (χ1) is 29.9. The molecule has 2 aliphatic heterocycles. The summed E-state index contributed by atoms with van der Waals surface area (Å²) in [5, 5.41) is 5.86. The topological polar surface area (TPSA) is 202 Å². The number of para-hydroxylation sites is 1. The minimum Gasteiger partial charge on any atom is -0.470 e. The maximum absolute atomic E-state index is 14.8. The number of nitrogens with zero attached hydrogens (tertiary/aromatic N) is 4. The molecule has 5 aliphatic rings. The van der Waals surface area contributed by atoms with Crippen molar-refractivity contribution in [2.75, 3.05) is 25.5 Å². The Morgan fingerprint density at radius 2 is 1.69 bits per heavy atom. The number of alkyl carbamates (subject to hydrolysis) is 1. The molecule has 17 heteroatoms. The molecular weight excluding hydrogens is 815 g/mol. The summed E-state index contributed by atoms with van der Waals surface area (Å²) in [5.74, 6) is -1.86. The van der Waals surface area contributed by atoms with Gasteiger partial charge in [-0.3, -0.25) is 19.1 Å². The van der Waals surface area contributed by atoms with E-state index in [1.807, 2.05) is 79.7 Å². The SMILES string of the molecule is CN(C)c1ccc(-c2nc(O[C@@H]3C[C@H]4C(=O)N[C@]5(C(=O)NS(=O)(=O)C6CC6)C[C@H]5C=CCCCCC[C@H](NC(=O)OC5CCCC5)C(=O)N4C3)c3oc4ccccc4c3n2)cc1. The highest BCUT2D eigenvalue weighted by Crippen LogP contribution is 2.46. The van der Waals surface area contributed by atoms with Gasteiger partial charge in [-0.2, -0.15) is 4.98 Å². The Morgan fingerprint density at radius 1 is 0.935 bits per heavy atom. The van der Waals surface area contributed by atoms with Gasteiger partial charge in [-0.05, 0) is 101 Å². The third-order valence-corrected chi connectivity index (χ3v) is 14.6. The molecule has 4 aromatic rings. The van der Waals surface area contributed by atoms with E-state index in [4.69, 9.17) is 23.9 Å². The number of nitrogens with one attached hydrogen (secondary N) is 3. The van der Waals surface area contributed by atoms with Crippen molar-refractivity contribution in [1.82, 2.24) is 30.2 Å². The number of allylic oxidation sites excluding steroid dienone is 1. The Bertz CT molecular complexity index is 2520. The molecule has 0 bridgehead atoms. The van der Waals surface area contributed by atoms with E-state index >= 15 is 0 Å². The molecule has 0 radical (unpaired) electrons. The van der Waals surface area contributed by atoms with Crippen molar-refractivity contribution in [3.8, 4) is 17.3 Å². The summed E-state index contributed by atoms with van der Waals surface area (Å²) in [4.78, 5) is 69.8. The zero-order chi connectivity index (χ0) is 43.2. The quantitative estimate of drug-likeness (QED) is 0.179. The lowest BCUT2D eigenvalue weighted by Crippen LogP contribution is -2.58. The highest BCUT2D eigenvalue weighted by Gasteiger charge is 2.62. The van der Waals surface area contributed by atoms with Gasteiger partial charge in [0.15, 0.2) is 5.82 Å². The van der Waals surface area contributed by atoms with Gasteiger partial charge in [0.05, 0.1) is 11.8 Å². The number of sulfonamides is 1. The van der Waals surface area contributed by atoms with Crippen molar-refractivity contribution in [3.63, 3.8) is 0 Å². The van der Waals surface area contributed by atoms with Crippen LogP contribution in [-0.2, 0) is 29.1 Å². The van der Waals surface area contributed by atoms with Crippen molar-refractivity contribution in [2.45, 2.75) is 119 Å². The van der Waals surface area contributed by atoms with Gasteiger partial charge in [-0.15, -0.1) is 0 Å². The number of ether oxygens (including phenoxy) is 2. The monoisotopic (exact) mass is 867 g/mol. The fourth-order valence-electron chi connectivity index (χ4n) is 9.02. The molecule has 328 valence electrons. The Balaban J connectivity index is 1.05. The Labute approximate surface area is 360 Å². The minimum absolute atomic E-state index is 0.00597. The van der Waals surface area contributed by atoms with Crippen molar-refractivity contribution in [2.24, 2.45) is 5.92 Å². The number of carbonyl (C=O) groups is 4. The van der Waals surface area contributed by atoms with Crippen LogP contribution in [0.1, 0.15) is 83.5 Å². The van der Waals surface area contributed by atoms with Crippen LogP contribution < -0.4 is 25.0 Å².